The third-order valence-electron chi connectivity index (χ3n) is 2.36. The van der Waals surface area contributed by atoms with Gasteiger partial charge in [-0.05, 0) is 12.1 Å². The van der Waals surface area contributed by atoms with Gasteiger partial charge in [0.25, 0.3) is 0 Å². The van der Waals surface area contributed by atoms with Crippen LogP contribution in [0.15, 0.2) is 23.4 Å². The zero-order valence-electron chi connectivity index (χ0n) is 8.71. The van der Waals surface area contributed by atoms with Gasteiger partial charge in [-0.15, -0.1) is 0 Å². The second kappa shape index (κ2) is 4.13. The molecule has 0 aliphatic carbocycles. The van der Waals surface area contributed by atoms with E-state index in [1.165, 1.54) is 25.0 Å². The van der Waals surface area contributed by atoms with Crippen molar-refractivity contribution in [3.8, 4) is 0 Å². The van der Waals surface area contributed by atoms with Crippen LogP contribution in [-0.4, -0.2) is 34.0 Å². The first-order chi connectivity index (χ1) is 7.58. The van der Waals surface area contributed by atoms with E-state index in [0.29, 0.717) is 10.7 Å². The van der Waals surface area contributed by atoms with Gasteiger partial charge in [-0.1, -0.05) is 11.8 Å². The highest BCUT2D eigenvalue weighted by Gasteiger charge is 2.36. The average molecular weight is 237 g/mol. The summed E-state index contributed by atoms with van der Waals surface area (Å²) in [6.45, 7) is 0. The molecule has 0 spiro atoms. The summed E-state index contributed by atoms with van der Waals surface area (Å²) in [6, 6.07) is 3.47. The van der Waals surface area contributed by atoms with Crippen molar-refractivity contribution in [3.63, 3.8) is 0 Å². The lowest BCUT2D eigenvalue weighted by Gasteiger charge is -2.07. The zero-order valence-corrected chi connectivity index (χ0v) is 9.53. The summed E-state index contributed by atoms with van der Waals surface area (Å²) in [5.41, 5.74) is 6.08. The fourth-order valence-electron chi connectivity index (χ4n) is 1.42. The number of likely N-dealkylation sites (tertiary alicyclic amines) is 1. The molecule has 1 aliphatic rings. The first-order valence-corrected chi connectivity index (χ1v) is 5.64. The van der Waals surface area contributed by atoms with E-state index in [9.17, 15) is 9.59 Å². The Labute approximate surface area is 97.0 Å². The monoisotopic (exact) mass is 237 g/mol. The molecular weight excluding hydrogens is 226 g/mol. The van der Waals surface area contributed by atoms with E-state index in [1.54, 1.807) is 12.1 Å². The van der Waals surface area contributed by atoms with Crippen molar-refractivity contribution < 1.29 is 9.59 Å². The van der Waals surface area contributed by atoms with Crippen molar-refractivity contribution in [3.05, 3.63) is 18.3 Å². The number of aromatic nitrogens is 1. The number of hydrogen-bond donors (Lipinski definition) is 1. The fraction of sp³-hybridized carbons (Fsp3) is 0.300. The fourth-order valence-corrected chi connectivity index (χ4v) is 2.46. The number of nitrogens with zero attached hydrogens (tertiary/aromatic N) is 2. The molecule has 5 nitrogen and oxygen atoms in total. The summed E-state index contributed by atoms with van der Waals surface area (Å²) >= 11 is 1.30. The second-order valence-corrected chi connectivity index (χ2v) is 4.75. The average Bonchev–Trinajstić information content (AvgIpc) is 2.50. The molecule has 1 fully saturated rings. The molecule has 2 amide bonds. The Morgan fingerprint density at radius 1 is 1.50 bits per heavy atom. The van der Waals surface area contributed by atoms with Crippen LogP contribution in [-0.2, 0) is 9.59 Å². The van der Waals surface area contributed by atoms with Crippen LogP contribution in [0.25, 0.3) is 0 Å². The van der Waals surface area contributed by atoms with Crippen molar-refractivity contribution in [2.45, 2.75) is 16.7 Å². The molecule has 2 N–H and O–H groups in total. The smallest absolute Gasteiger partial charge is 0.242 e. The van der Waals surface area contributed by atoms with Gasteiger partial charge in [-0.3, -0.25) is 14.5 Å². The van der Waals surface area contributed by atoms with E-state index in [2.05, 4.69) is 4.98 Å². The van der Waals surface area contributed by atoms with Gasteiger partial charge in [-0.25, -0.2) is 4.98 Å². The van der Waals surface area contributed by atoms with E-state index in [1.807, 2.05) is 0 Å². The molecule has 1 aromatic rings. The Morgan fingerprint density at radius 3 is 2.75 bits per heavy atom. The predicted octanol–water partition coefficient (Wildman–Crippen LogP) is 0.513. The summed E-state index contributed by atoms with van der Waals surface area (Å²) in [5.74, 6) is -0.299. The number of imide groups is 1. The quantitative estimate of drug-likeness (QED) is 0.758. The van der Waals surface area contributed by atoms with E-state index in [4.69, 9.17) is 5.73 Å². The molecular formula is C10H11N3O2S. The number of thioether (sulfide) groups is 1. The van der Waals surface area contributed by atoms with E-state index >= 15 is 0 Å². The maximum atomic E-state index is 11.6. The van der Waals surface area contributed by atoms with E-state index in [0.717, 1.165) is 4.90 Å². The third-order valence-corrected chi connectivity index (χ3v) is 3.50. The van der Waals surface area contributed by atoms with Gasteiger partial charge in [-0.2, -0.15) is 0 Å². The molecule has 6 heteroatoms. The summed E-state index contributed by atoms with van der Waals surface area (Å²) in [4.78, 5) is 28.2. The van der Waals surface area contributed by atoms with Gasteiger partial charge in [0.2, 0.25) is 11.8 Å². The Kier molecular flexibility index (Phi) is 2.82. The van der Waals surface area contributed by atoms with Gasteiger partial charge >= 0.3 is 0 Å². The first kappa shape index (κ1) is 10.9. The Balaban J connectivity index is 2.09. The largest absolute Gasteiger partial charge is 0.397 e. The van der Waals surface area contributed by atoms with Crippen LogP contribution in [0, 0.1) is 0 Å². The van der Waals surface area contributed by atoms with Crippen LogP contribution in [0.2, 0.25) is 0 Å². The SMILES string of the molecule is CN1C(=O)CC(Sc2ccc(N)cn2)C1=O. The molecule has 0 radical (unpaired) electrons. The number of pyridine rings is 1. The maximum Gasteiger partial charge on any atom is 0.242 e. The summed E-state index contributed by atoms with van der Waals surface area (Å²) in [5, 5.41) is 0.351. The normalized spacial score (nSPS) is 20.6. The highest BCUT2D eigenvalue weighted by atomic mass is 32.2. The molecule has 2 heterocycles. The van der Waals surface area contributed by atoms with Crippen LogP contribution in [0.4, 0.5) is 5.69 Å². The number of anilines is 1. The van der Waals surface area contributed by atoms with Crippen LogP contribution >= 0.6 is 11.8 Å². The lowest BCUT2D eigenvalue weighted by Crippen LogP contribution is -2.26. The zero-order chi connectivity index (χ0) is 11.7. The molecule has 84 valence electrons. The minimum Gasteiger partial charge on any atom is -0.397 e. The summed E-state index contributed by atoms with van der Waals surface area (Å²) in [7, 11) is 1.50. The van der Waals surface area contributed by atoms with Gasteiger partial charge < -0.3 is 5.73 Å². The topological polar surface area (TPSA) is 76.3 Å². The van der Waals surface area contributed by atoms with Crippen molar-refractivity contribution in [1.82, 2.24) is 9.88 Å². The third kappa shape index (κ3) is 2.01. The van der Waals surface area contributed by atoms with Crippen molar-refractivity contribution >= 4 is 29.3 Å². The molecule has 1 saturated heterocycles. The molecule has 1 unspecified atom stereocenters. The number of nitrogens with two attached hydrogens (primary N) is 1. The van der Waals surface area contributed by atoms with Crippen molar-refractivity contribution in [2.75, 3.05) is 12.8 Å². The van der Waals surface area contributed by atoms with Crippen LogP contribution < -0.4 is 5.73 Å². The van der Waals surface area contributed by atoms with Crippen molar-refractivity contribution in [1.29, 1.82) is 0 Å². The number of carbonyl (C=O) groups excluding carboxylic acids is 2. The highest BCUT2D eigenvalue weighted by Crippen LogP contribution is 2.29. The minimum absolute atomic E-state index is 0.141. The van der Waals surface area contributed by atoms with Crippen LogP contribution in [0.3, 0.4) is 0 Å². The number of rotatable bonds is 2. The molecule has 2 rings (SSSR count). The summed E-state index contributed by atoms with van der Waals surface area (Å²) < 4.78 is 0. The molecule has 0 bridgehead atoms. The first-order valence-electron chi connectivity index (χ1n) is 4.76. The minimum atomic E-state index is -0.353. The van der Waals surface area contributed by atoms with Crippen molar-refractivity contribution in [2.24, 2.45) is 0 Å². The van der Waals surface area contributed by atoms with Gasteiger partial charge in [0.15, 0.2) is 0 Å². The Morgan fingerprint density at radius 2 is 2.25 bits per heavy atom. The lowest BCUT2D eigenvalue weighted by molar-refractivity contribution is -0.136. The van der Waals surface area contributed by atoms with Gasteiger partial charge in [0, 0.05) is 13.5 Å². The number of amides is 2. The molecule has 16 heavy (non-hydrogen) atoms. The van der Waals surface area contributed by atoms with Gasteiger partial charge in [0.05, 0.1) is 22.2 Å². The maximum absolute atomic E-state index is 11.6. The Hall–Kier alpha value is -1.56. The highest BCUT2D eigenvalue weighted by molar-refractivity contribution is 8.00. The van der Waals surface area contributed by atoms with E-state index in [-0.39, 0.29) is 23.5 Å². The number of carbonyl (C=O) groups is 2. The molecule has 1 aliphatic heterocycles. The molecule has 0 aromatic carbocycles. The number of nitrogen functional groups attached to an aromatic ring is 1. The standard InChI is InChI=1S/C10H11N3O2S/c1-13-9(14)4-7(10(13)15)16-8-3-2-6(11)5-12-8/h2-3,5,7H,4,11H2,1H3. The Bertz CT molecular complexity index is 432. The van der Waals surface area contributed by atoms with Crippen LogP contribution in [0.5, 0.6) is 0 Å². The molecule has 1 atom stereocenters. The van der Waals surface area contributed by atoms with Gasteiger partial charge in [0.1, 0.15) is 0 Å². The molecule has 0 saturated carbocycles. The molecule has 1 aromatic heterocycles. The number of hydrogen-bond acceptors (Lipinski definition) is 5. The predicted molar refractivity (Wildman–Crippen MR) is 60.7 cm³/mol. The summed E-state index contributed by atoms with van der Waals surface area (Å²) in [6.07, 6.45) is 1.78. The van der Waals surface area contributed by atoms with Crippen LogP contribution in [0.1, 0.15) is 6.42 Å². The lowest BCUT2D eigenvalue weighted by atomic mass is 10.4. The second-order valence-electron chi connectivity index (χ2n) is 3.53. The van der Waals surface area contributed by atoms with E-state index < -0.39 is 0 Å².